The third kappa shape index (κ3) is 3.45. The number of hydrogen-bond acceptors (Lipinski definition) is 4. The number of nitrogens with zero attached hydrogens (tertiary/aromatic N) is 2. The first kappa shape index (κ1) is 18.0. The number of hydrogen-bond donors (Lipinski definition) is 0. The van der Waals surface area contributed by atoms with Gasteiger partial charge in [-0.1, -0.05) is 12.1 Å². The van der Waals surface area contributed by atoms with E-state index in [9.17, 15) is 0 Å². The topological polar surface area (TPSA) is 24.9 Å². The fourth-order valence-corrected chi connectivity index (χ4v) is 4.39. The van der Waals surface area contributed by atoms with E-state index in [0.29, 0.717) is 6.61 Å². The van der Waals surface area contributed by atoms with Crippen molar-refractivity contribution in [3.63, 3.8) is 0 Å². The van der Waals surface area contributed by atoms with Gasteiger partial charge in [0.25, 0.3) is 0 Å². The highest BCUT2D eigenvalue weighted by Crippen LogP contribution is 2.35. The maximum Gasteiger partial charge on any atom is 0.124 e. The van der Waals surface area contributed by atoms with Crippen LogP contribution in [0.2, 0.25) is 0 Å². The van der Waals surface area contributed by atoms with Gasteiger partial charge in [-0.25, -0.2) is 0 Å². The van der Waals surface area contributed by atoms with Crippen LogP contribution in [-0.2, 0) is 12.8 Å². The Balaban J connectivity index is 1.46. The summed E-state index contributed by atoms with van der Waals surface area (Å²) in [6.07, 6.45) is 3.48. The second kappa shape index (κ2) is 7.34. The van der Waals surface area contributed by atoms with Gasteiger partial charge in [-0.2, -0.15) is 0 Å². The molecule has 4 nitrogen and oxygen atoms in total. The summed E-state index contributed by atoms with van der Waals surface area (Å²) in [6.45, 7) is 8.04. The molecular formula is C23H30N2O2. The third-order valence-corrected chi connectivity index (χ3v) is 5.93. The molecule has 0 bridgehead atoms. The minimum Gasteiger partial charge on any atom is -0.496 e. The number of methoxy groups -OCH3 is 1. The molecule has 0 amide bonds. The molecule has 2 heterocycles. The van der Waals surface area contributed by atoms with Gasteiger partial charge in [0.1, 0.15) is 18.1 Å². The second-order valence-corrected chi connectivity index (χ2v) is 7.81. The van der Waals surface area contributed by atoms with Crippen molar-refractivity contribution in [2.45, 2.75) is 33.1 Å². The minimum atomic E-state index is 0.693. The van der Waals surface area contributed by atoms with Gasteiger partial charge >= 0.3 is 0 Å². The van der Waals surface area contributed by atoms with Crippen LogP contribution in [0.15, 0.2) is 24.3 Å². The van der Waals surface area contributed by atoms with E-state index in [4.69, 9.17) is 9.47 Å². The molecule has 0 saturated heterocycles. The van der Waals surface area contributed by atoms with Crippen molar-refractivity contribution in [2.75, 3.05) is 50.2 Å². The van der Waals surface area contributed by atoms with Gasteiger partial charge in [-0.3, -0.25) is 0 Å². The van der Waals surface area contributed by atoms with Crippen molar-refractivity contribution >= 4 is 11.4 Å². The Morgan fingerprint density at radius 3 is 2.37 bits per heavy atom. The third-order valence-electron chi connectivity index (χ3n) is 5.93. The van der Waals surface area contributed by atoms with Gasteiger partial charge in [0.2, 0.25) is 0 Å². The van der Waals surface area contributed by atoms with Crippen LogP contribution in [0.4, 0.5) is 11.4 Å². The molecule has 0 aliphatic carbocycles. The molecule has 0 saturated carbocycles. The average Bonchev–Trinajstić information content (AvgIpc) is 3.01. The van der Waals surface area contributed by atoms with Crippen LogP contribution >= 0.6 is 0 Å². The van der Waals surface area contributed by atoms with Crippen molar-refractivity contribution in [1.29, 1.82) is 0 Å². The van der Waals surface area contributed by atoms with E-state index in [2.05, 4.69) is 55.0 Å². The normalized spacial score (nSPS) is 15.6. The molecule has 0 N–H and O–H groups in total. The Labute approximate surface area is 162 Å². The lowest BCUT2D eigenvalue weighted by molar-refractivity contribution is 0.320. The van der Waals surface area contributed by atoms with Crippen molar-refractivity contribution < 1.29 is 9.47 Å². The predicted molar refractivity (Wildman–Crippen MR) is 112 cm³/mol. The summed E-state index contributed by atoms with van der Waals surface area (Å²) in [6, 6.07) is 8.98. The summed E-state index contributed by atoms with van der Waals surface area (Å²) in [4.78, 5) is 4.76. The number of fused-ring (bicyclic) bond motifs is 2. The zero-order chi connectivity index (χ0) is 19.0. The number of aryl methyl sites for hydroxylation is 3. The van der Waals surface area contributed by atoms with E-state index in [1.54, 1.807) is 7.11 Å². The first-order valence-electron chi connectivity index (χ1n) is 9.96. The van der Waals surface area contributed by atoms with Crippen LogP contribution in [0, 0.1) is 13.8 Å². The van der Waals surface area contributed by atoms with Gasteiger partial charge in [0.05, 0.1) is 13.7 Å². The van der Waals surface area contributed by atoms with Gasteiger partial charge in [0.15, 0.2) is 0 Å². The average molecular weight is 367 g/mol. The smallest absolute Gasteiger partial charge is 0.124 e. The Hall–Kier alpha value is -2.36. The molecule has 0 fully saturated rings. The van der Waals surface area contributed by atoms with Crippen LogP contribution in [-0.4, -0.2) is 40.4 Å². The lowest BCUT2D eigenvalue weighted by Gasteiger charge is -2.32. The molecule has 0 radical (unpaired) electrons. The number of likely N-dealkylation sites (N-methyl/N-ethyl adjacent to an activating group) is 1. The number of anilines is 2. The molecular weight excluding hydrogens is 336 g/mol. The summed E-state index contributed by atoms with van der Waals surface area (Å²) in [5.74, 6) is 1.99. The van der Waals surface area contributed by atoms with Crippen LogP contribution in [0.25, 0.3) is 0 Å². The van der Waals surface area contributed by atoms with Crippen molar-refractivity contribution in [3.8, 4) is 11.5 Å². The standard InChI is InChI=1S/C23H30N2O2/c1-16-12-18-6-5-8-25(21(18)15-22(16)26-4)10-11-27-23-14-20-19(13-17(23)2)7-9-24(20)3/h12-15H,5-11H2,1-4H3. The summed E-state index contributed by atoms with van der Waals surface area (Å²) >= 11 is 0. The van der Waals surface area contributed by atoms with E-state index in [1.807, 2.05) is 0 Å². The Kier molecular flexibility index (Phi) is 4.90. The molecule has 4 rings (SSSR count). The van der Waals surface area contributed by atoms with Crippen LogP contribution in [0.3, 0.4) is 0 Å². The molecule has 4 heteroatoms. The molecule has 2 aliphatic rings. The maximum atomic E-state index is 6.21. The molecule has 144 valence electrons. The molecule has 0 aromatic heterocycles. The number of benzene rings is 2. The summed E-state index contributed by atoms with van der Waals surface area (Å²) < 4.78 is 11.7. The van der Waals surface area contributed by atoms with E-state index in [1.165, 1.54) is 40.0 Å². The van der Waals surface area contributed by atoms with Crippen molar-refractivity contribution in [2.24, 2.45) is 0 Å². The molecule has 2 aliphatic heterocycles. The monoisotopic (exact) mass is 366 g/mol. The summed E-state index contributed by atoms with van der Waals surface area (Å²) in [7, 11) is 3.91. The SMILES string of the molecule is COc1cc2c(cc1C)CCCN2CCOc1cc2c(cc1C)CCN2C. The fourth-order valence-electron chi connectivity index (χ4n) is 4.39. The maximum absolute atomic E-state index is 6.21. The van der Waals surface area contributed by atoms with Gasteiger partial charge in [0, 0.05) is 43.6 Å². The van der Waals surface area contributed by atoms with Gasteiger partial charge in [-0.05, 0) is 55.4 Å². The quantitative estimate of drug-likeness (QED) is 0.794. The lowest BCUT2D eigenvalue weighted by Crippen LogP contribution is -2.33. The first-order valence-corrected chi connectivity index (χ1v) is 9.96. The summed E-state index contributed by atoms with van der Waals surface area (Å²) in [5, 5.41) is 0. The fraction of sp³-hybridized carbons (Fsp3) is 0.478. The largest absolute Gasteiger partial charge is 0.496 e. The molecule has 27 heavy (non-hydrogen) atoms. The molecule has 2 aromatic carbocycles. The van der Waals surface area contributed by atoms with Gasteiger partial charge < -0.3 is 19.3 Å². The number of ether oxygens (including phenoxy) is 2. The second-order valence-electron chi connectivity index (χ2n) is 7.81. The Morgan fingerprint density at radius 1 is 0.889 bits per heavy atom. The summed E-state index contributed by atoms with van der Waals surface area (Å²) in [5.41, 5.74) is 7.94. The van der Waals surface area contributed by atoms with E-state index in [0.717, 1.165) is 44.0 Å². The van der Waals surface area contributed by atoms with Gasteiger partial charge in [-0.15, -0.1) is 0 Å². The highest BCUT2D eigenvalue weighted by Gasteiger charge is 2.20. The Morgan fingerprint density at radius 2 is 1.59 bits per heavy atom. The van der Waals surface area contributed by atoms with Crippen LogP contribution < -0.4 is 19.3 Å². The zero-order valence-corrected chi connectivity index (χ0v) is 17.0. The van der Waals surface area contributed by atoms with Crippen molar-refractivity contribution in [1.82, 2.24) is 0 Å². The zero-order valence-electron chi connectivity index (χ0n) is 17.0. The first-order chi connectivity index (χ1) is 13.1. The molecule has 0 spiro atoms. The minimum absolute atomic E-state index is 0.693. The highest BCUT2D eigenvalue weighted by atomic mass is 16.5. The van der Waals surface area contributed by atoms with E-state index >= 15 is 0 Å². The van der Waals surface area contributed by atoms with Crippen LogP contribution in [0.5, 0.6) is 11.5 Å². The molecule has 0 unspecified atom stereocenters. The van der Waals surface area contributed by atoms with E-state index < -0.39 is 0 Å². The van der Waals surface area contributed by atoms with Crippen molar-refractivity contribution in [3.05, 3.63) is 46.5 Å². The highest BCUT2D eigenvalue weighted by molar-refractivity contribution is 5.63. The number of rotatable bonds is 5. The van der Waals surface area contributed by atoms with E-state index in [-0.39, 0.29) is 0 Å². The lowest BCUT2D eigenvalue weighted by atomic mass is 9.99. The van der Waals surface area contributed by atoms with Crippen LogP contribution in [0.1, 0.15) is 28.7 Å². The molecule has 0 atom stereocenters. The Bertz CT molecular complexity index is 847. The molecule has 2 aromatic rings. The predicted octanol–water partition coefficient (Wildman–Crippen LogP) is 4.14.